The molecular weight excluding hydrogens is 368 g/mol. The van der Waals surface area contributed by atoms with Gasteiger partial charge in [0.15, 0.2) is 0 Å². The average Bonchev–Trinajstić information content (AvgIpc) is 2.78. The third-order valence-corrected chi connectivity index (χ3v) is 5.39. The highest BCUT2D eigenvalue weighted by Gasteiger charge is 2.21. The lowest BCUT2D eigenvalue weighted by Gasteiger charge is -2.35. The number of methoxy groups -OCH3 is 3. The minimum atomic E-state index is 0.222. The first-order valence-electron chi connectivity index (χ1n) is 9.97. The molecule has 0 atom stereocenters. The van der Waals surface area contributed by atoms with Crippen LogP contribution in [-0.2, 0) is 17.8 Å². The van der Waals surface area contributed by atoms with Crippen molar-refractivity contribution >= 4 is 5.91 Å². The van der Waals surface area contributed by atoms with Crippen molar-refractivity contribution in [2.45, 2.75) is 19.4 Å². The summed E-state index contributed by atoms with van der Waals surface area (Å²) in [6, 6.07) is 13.8. The predicted octanol–water partition coefficient (Wildman–Crippen LogP) is 2.99. The molecule has 29 heavy (non-hydrogen) atoms. The van der Waals surface area contributed by atoms with E-state index in [9.17, 15) is 4.79 Å². The largest absolute Gasteiger partial charge is 0.497 e. The third-order valence-electron chi connectivity index (χ3n) is 5.39. The summed E-state index contributed by atoms with van der Waals surface area (Å²) in [5.74, 6) is 2.75. The van der Waals surface area contributed by atoms with Gasteiger partial charge in [-0.05, 0) is 42.3 Å². The zero-order chi connectivity index (χ0) is 20.6. The van der Waals surface area contributed by atoms with Gasteiger partial charge in [0.25, 0.3) is 0 Å². The van der Waals surface area contributed by atoms with Crippen molar-refractivity contribution in [3.05, 3.63) is 53.6 Å². The van der Waals surface area contributed by atoms with E-state index >= 15 is 0 Å². The monoisotopic (exact) mass is 398 g/mol. The fourth-order valence-electron chi connectivity index (χ4n) is 3.60. The Labute approximate surface area is 173 Å². The Morgan fingerprint density at radius 1 is 0.862 bits per heavy atom. The topological polar surface area (TPSA) is 51.2 Å². The Balaban J connectivity index is 1.48. The highest BCUT2D eigenvalue weighted by Crippen LogP contribution is 2.25. The quantitative estimate of drug-likeness (QED) is 0.684. The Kier molecular flexibility index (Phi) is 7.36. The van der Waals surface area contributed by atoms with E-state index in [-0.39, 0.29) is 5.91 Å². The van der Waals surface area contributed by atoms with Crippen LogP contribution < -0.4 is 14.2 Å². The standard InChI is InChI=1S/C23H30N2O4/c1-27-20-7-4-18(5-8-20)6-11-23(26)25-14-12-24(13-15-25)17-19-16-21(28-2)9-10-22(19)29-3/h4-5,7-10,16H,6,11-15,17H2,1-3H3. The van der Waals surface area contributed by atoms with E-state index in [0.717, 1.165) is 67.5 Å². The van der Waals surface area contributed by atoms with E-state index in [2.05, 4.69) is 4.90 Å². The highest BCUT2D eigenvalue weighted by molar-refractivity contribution is 5.76. The molecule has 3 rings (SSSR count). The van der Waals surface area contributed by atoms with Crippen LogP contribution in [-0.4, -0.2) is 63.2 Å². The van der Waals surface area contributed by atoms with Crippen LogP contribution in [0, 0.1) is 0 Å². The maximum absolute atomic E-state index is 12.6. The number of carbonyl (C=O) groups excluding carboxylic acids is 1. The van der Waals surface area contributed by atoms with Gasteiger partial charge in [0, 0.05) is 44.7 Å². The zero-order valence-electron chi connectivity index (χ0n) is 17.5. The minimum absolute atomic E-state index is 0.222. The number of piperazine rings is 1. The first-order valence-corrected chi connectivity index (χ1v) is 9.97. The molecule has 0 bridgehead atoms. The van der Waals surface area contributed by atoms with Crippen molar-refractivity contribution < 1.29 is 19.0 Å². The van der Waals surface area contributed by atoms with Crippen molar-refractivity contribution in [3.8, 4) is 17.2 Å². The molecule has 0 saturated carbocycles. The van der Waals surface area contributed by atoms with Crippen molar-refractivity contribution in [2.24, 2.45) is 0 Å². The van der Waals surface area contributed by atoms with Crippen molar-refractivity contribution in [3.63, 3.8) is 0 Å². The summed E-state index contributed by atoms with van der Waals surface area (Å²) in [6.45, 7) is 4.01. The van der Waals surface area contributed by atoms with Crippen LogP contribution in [0.25, 0.3) is 0 Å². The molecule has 0 radical (unpaired) electrons. The van der Waals surface area contributed by atoms with Crippen LogP contribution in [0.5, 0.6) is 17.2 Å². The molecule has 1 aliphatic rings. The second kappa shape index (κ2) is 10.2. The Morgan fingerprint density at radius 2 is 1.52 bits per heavy atom. The van der Waals surface area contributed by atoms with E-state index in [4.69, 9.17) is 14.2 Å². The van der Waals surface area contributed by atoms with Crippen molar-refractivity contribution in [2.75, 3.05) is 47.5 Å². The van der Waals surface area contributed by atoms with Crippen LogP contribution in [0.2, 0.25) is 0 Å². The summed E-state index contributed by atoms with van der Waals surface area (Å²) in [5, 5.41) is 0. The van der Waals surface area contributed by atoms with E-state index in [1.807, 2.05) is 47.4 Å². The highest BCUT2D eigenvalue weighted by atomic mass is 16.5. The number of ether oxygens (including phenoxy) is 3. The van der Waals surface area contributed by atoms with Crippen molar-refractivity contribution in [1.82, 2.24) is 9.80 Å². The van der Waals surface area contributed by atoms with Gasteiger partial charge < -0.3 is 19.1 Å². The lowest BCUT2D eigenvalue weighted by Crippen LogP contribution is -2.48. The molecule has 6 nitrogen and oxygen atoms in total. The van der Waals surface area contributed by atoms with E-state index < -0.39 is 0 Å². The molecule has 0 unspecified atom stereocenters. The lowest BCUT2D eigenvalue weighted by molar-refractivity contribution is -0.133. The first-order chi connectivity index (χ1) is 14.1. The summed E-state index contributed by atoms with van der Waals surface area (Å²) in [6.07, 6.45) is 1.29. The van der Waals surface area contributed by atoms with Gasteiger partial charge in [-0.25, -0.2) is 0 Å². The molecule has 1 amide bonds. The number of hydrogen-bond acceptors (Lipinski definition) is 5. The molecule has 156 valence electrons. The summed E-state index contributed by atoms with van der Waals surface area (Å²) < 4.78 is 16.0. The molecule has 0 N–H and O–H groups in total. The molecule has 6 heteroatoms. The fraction of sp³-hybridized carbons (Fsp3) is 0.435. The van der Waals surface area contributed by atoms with Gasteiger partial charge in [-0.1, -0.05) is 12.1 Å². The lowest BCUT2D eigenvalue weighted by atomic mass is 10.1. The van der Waals surface area contributed by atoms with Gasteiger partial charge in [-0.3, -0.25) is 9.69 Å². The Bertz CT molecular complexity index is 799. The second-order valence-corrected chi connectivity index (χ2v) is 7.18. The summed E-state index contributed by atoms with van der Waals surface area (Å²) in [5.41, 5.74) is 2.26. The maximum atomic E-state index is 12.6. The first kappa shape index (κ1) is 21.0. The SMILES string of the molecule is COc1ccc(CCC(=O)N2CCN(Cc3cc(OC)ccc3OC)CC2)cc1. The smallest absolute Gasteiger partial charge is 0.222 e. The Morgan fingerprint density at radius 3 is 2.14 bits per heavy atom. The molecule has 1 saturated heterocycles. The molecular formula is C23H30N2O4. The molecule has 1 heterocycles. The van der Waals surface area contributed by atoms with Crippen molar-refractivity contribution in [1.29, 1.82) is 0 Å². The second-order valence-electron chi connectivity index (χ2n) is 7.18. The van der Waals surface area contributed by atoms with Gasteiger partial charge in [0.05, 0.1) is 21.3 Å². The minimum Gasteiger partial charge on any atom is -0.497 e. The number of benzene rings is 2. The van der Waals surface area contributed by atoms with Crippen LogP contribution in [0.3, 0.4) is 0 Å². The van der Waals surface area contributed by atoms with E-state index in [1.54, 1.807) is 21.3 Å². The summed E-state index contributed by atoms with van der Waals surface area (Å²) in [7, 11) is 5.01. The molecule has 0 aromatic heterocycles. The average molecular weight is 399 g/mol. The summed E-state index contributed by atoms with van der Waals surface area (Å²) in [4.78, 5) is 16.9. The van der Waals surface area contributed by atoms with Gasteiger partial charge in [-0.2, -0.15) is 0 Å². The van der Waals surface area contributed by atoms with Gasteiger partial charge in [0.1, 0.15) is 17.2 Å². The van der Waals surface area contributed by atoms with Crippen LogP contribution >= 0.6 is 0 Å². The summed E-state index contributed by atoms with van der Waals surface area (Å²) >= 11 is 0. The zero-order valence-corrected chi connectivity index (χ0v) is 17.5. The number of amides is 1. The number of aryl methyl sites for hydroxylation is 1. The normalized spacial score (nSPS) is 14.5. The number of nitrogens with zero attached hydrogens (tertiary/aromatic N) is 2. The fourth-order valence-corrected chi connectivity index (χ4v) is 3.60. The Hall–Kier alpha value is -2.73. The van der Waals surface area contributed by atoms with Gasteiger partial charge >= 0.3 is 0 Å². The van der Waals surface area contributed by atoms with E-state index in [1.165, 1.54) is 0 Å². The van der Waals surface area contributed by atoms with Gasteiger partial charge in [0.2, 0.25) is 5.91 Å². The maximum Gasteiger partial charge on any atom is 0.222 e. The molecule has 1 aliphatic heterocycles. The van der Waals surface area contributed by atoms with Crippen LogP contribution in [0.4, 0.5) is 0 Å². The van der Waals surface area contributed by atoms with Crippen LogP contribution in [0.1, 0.15) is 17.5 Å². The molecule has 0 aliphatic carbocycles. The number of rotatable bonds is 8. The number of carbonyl (C=O) groups is 1. The third kappa shape index (κ3) is 5.64. The molecule has 2 aromatic carbocycles. The van der Waals surface area contributed by atoms with E-state index in [0.29, 0.717) is 6.42 Å². The molecule has 1 fully saturated rings. The van der Waals surface area contributed by atoms with Crippen LogP contribution in [0.15, 0.2) is 42.5 Å². The predicted molar refractivity (Wildman–Crippen MR) is 113 cm³/mol. The molecule has 2 aromatic rings. The number of hydrogen-bond donors (Lipinski definition) is 0. The van der Waals surface area contributed by atoms with Gasteiger partial charge in [-0.15, -0.1) is 0 Å². The molecule has 0 spiro atoms.